The minimum absolute atomic E-state index is 0. The van der Waals surface area contributed by atoms with Gasteiger partial charge in [-0.1, -0.05) is 46.3 Å². The smallest absolute Gasteiger partial charge is 0.481 e. The number of hydrogen-bond donors (Lipinski definition) is 4. The fourth-order valence-electron chi connectivity index (χ4n) is 2.45. The van der Waals surface area contributed by atoms with Gasteiger partial charge in [0.1, 0.15) is 12.6 Å². The Morgan fingerprint density at radius 1 is 0.707 bits per heavy atom. The predicted octanol–water partition coefficient (Wildman–Crippen LogP) is 3.76. The van der Waals surface area contributed by atoms with E-state index in [1.165, 1.54) is 12.4 Å². The van der Waals surface area contributed by atoms with Crippen LogP contribution in [0.15, 0.2) is 102 Å². The molecule has 10 nitrogen and oxygen atoms in total. The fourth-order valence-corrected chi connectivity index (χ4v) is 2.87. The monoisotopic (exact) mass is 716 g/mol. The second-order valence-electron chi connectivity index (χ2n) is 7.34. The first-order valence-electron chi connectivity index (χ1n) is 11.3. The molecule has 0 bridgehead atoms. The fraction of sp³-hybridized carbons (Fsp3) is 0.0714. The van der Waals surface area contributed by atoms with E-state index in [-0.39, 0.29) is 20.4 Å². The summed E-state index contributed by atoms with van der Waals surface area (Å²) < 4.78 is 0.937. The number of carbonyl (C=O) groups is 4. The Bertz CT molecular complexity index is 1300. The van der Waals surface area contributed by atoms with E-state index in [0.29, 0.717) is 16.6 Å². The van der Waals surface area contributed by atoms with Crippen LogP contribution in [0.1, 0.15) is 34.6 Å². The first-order chi connectivity index (χ1) is 19.0. The van der Waals surface area contributed by atoms with Crippen LogP contribution in [0.25, 0.3) is 11.1 Å². The molecule has 0 aliphatic rings. The number of aromatic nitrogens is 2. The molecule has 4 aromatic rings. The zero-order valence-electron chi connectivity index (χ0n) is 22.0. The molecule has 0 spiro atoms. The summed E-state index contributed by atoms with van der Waals surface area (Å²) in [4.78, 5) is 46.4. The molecule has 0 amide bonds. The molecule has 0 fully saturated rings. The summed E-state index contributed by atoms with van der Waals surface area (Å²) in [5.41, 5.74) is 3.97. The maximum atomic E-state index is 10.6. The number of carbonyl (C=O) groups excluding carboxylic acids is 2. The zero-order chi connectivity index (χ0) is 30.3. The number of pyridine rings is 2. The Hall–Kier alpha value is -3.85. The number of aliphatic carboxylic acids is 2. The molecule has 13 heteroatoms. The summed E-state index contributed by atoms with van der Waals surface area (Å²) in [6.07, 6.45) is 8.17. The molecule has 41 heavy (non-hydrogen) atoms. The minimum atomic E-state index is -1.38. The normalized spacial score (nSPS) is 8.51. The Labute approximate surface area is 260 Å². The zero-order valence-corrected chi connectivity index (χ0v) is 25.1. The van der Waals surface area contributed by atoms with E-state index in [2.05, 4.69) is 25.9 Å². The first kappa shape index (κ1) is 39.3. The minimum Gasteiger partial charge on any atom is -0.481 e. The molecule has 0 radical (unpaired) electrons. The van der Waals surface area contributed by atoms with Gasteiger partial charge >= 0.3 is 7.12 Å². The number of carboxylic acid groups (broad SMARTS) is 2. The first-order valence-corrected chi connectivity index (χ1v) is 12.1. The molecule has 4 rings (SSSR count). The van der Waals surface area contributed by atoms with Gasteiger partial charge in [-0.3, -0.25) is 29.1 Å². The molecule has 2 heterocycles. The summed E-state index contributed by atoms with van der Waals surface area (Å²) in [5, 5.41) is 31.9. The Kier molecular flexibility index (Phi) is 23.0. The van der Waals surface area contributed by atoms with E-state index in [4.69, 9.17) is 29.9 Å². The van der Waals surface area contributed by atoms with Crippen molar-refractivity contribution in [1.82, 2.24) is 9.97 Å². The van der Waals surface area contributed by atoms with Crippen molar-refractivity contribution in [3.63, 3.8) is 0 Å². The topological polar surface area (TPSA) is 175 Å². The number of aldehydes is 2. The Morgan fingerprint density at radius 2 is 1.12 bits per heavy atom. The maximum absolute atomic E-state index is 10.6. The van der Waals surface area contributed by atoms with Crippen LogP contribution in [-0.2, 0) is 30.0 Å². The summed E-state index contributed by atoms with van der Waals surface area (Å²) >= 11 is 3.24. The molecule has 0 atom stereocenters. The van der Waals surface area contributed by atoms with Gasteiger partial charge in [0.15, 0.2) is 0 Å². The third-order valence-corrected chi connectivity index (χ3v) is 4.52. The number of halogens is 1. The van der Waals surface area contributed by atoms with Gasteiger partial charge in [-0.15, -0.1) is 0 Å². The number of carboxylic acids is 2. The second-order valence-corrected chi connectivity index (χ2v) is 8.26. The predicted molar refractivity (Wildman–Crippen MR) is 155 cm³/mol. The number of hydrogen-bond acceptors (Lipinski definition) is 8. The molecule has 2 aromatic carbocycles. The number of benzene rings is 2. The summed E-state index contributed by atoms with van der Waals surface area (Å²) in [6.45, 7) is 2.17. The van der Waals surface area contributed by atoms with Crippen LogP contribution in [0.4, 0.5) is 0 Å². The van der Waals surface area contributed by atoms with Gasteiger partial charge in [0.25, 0.3) is 11.9 Å². The van der Waals surface area contributed by atoms with Crippen molar-refractivity contribution in [3.05, 3.63) is 113 Å². The molecule has 218 valence electrons. The van der Waals surface area contributed by atoms with Gasteiger partial charge in [0, 0.05) is 74.7 Å². The van der Waals surface area contributed by atoms with Crippen LogP contribution < -0.4 is 5.46 Å². The van der Waals surface area contributed by atoms with Crippen LogP contribution in [0.5, 0.6) is 0 Å². The SMILES string of the molecule is CC(=O)O.CC(=O)O.O=Cc1cccc(-c2ccncc2)c1.O=Cc1cccc(Br)c1.OB(O)c1ccncc1.[Pd]. The van der Waals surface area contributed by atoms with Crippen molar-refractivity contribution in [1.29, 1.82) is 0 Å². The van der Waals surface area contributed by atoms with Gasteiger partial charge in [0.05, 0.1) is 0 Å². The third kappa shape index (κ3) is 21.6. The van der Waals surface area contributed by atoms with E-state index in [0.717, 1.165) is 42.0 Å². The molecule has 0 aliphatic heterocycles. The van der Waals surface area contributed by atoms with Crippen molar-refractivity contribution < 1.29 is 59.9 Å². The summed E-state index contributed by atoms with van der Waals surface area (Å²) in [5.74, 6) is -1.67. The Balaban J connectivity index is 0. The van der Waals surface area contributed by atoms with Crippen molar-refractivity contribution >= 4 is 53.0 Å². The van der Waals surface area contributed by atoms with Gasteiger partial charge < -0.3 is 20.3 Å². The molecule has 2 aromatic heterocycles. The van der Waals surface area contributed by atoms with Crippen LogP contribution in [0.2, 0.25) is 0 Å². The average Bonchev–Trinajstić information content (AvgIpc) is 2.94. The molecule has 4 N–H and O–H groups in total. The molecule has 0 unspecified atom stereocenters. The molecule has 0 saturated heterocycles. The van der Waals surface area contributed by atoms with Crippen molar-refractivity contribution in [2.75, 3.05) is 0 Å². The molecule has 0 aliphatic carbocycles. The van der Waals surface area contributed by atoms with Crippen molar-refractivity contribution in [3.8, 4) is 11.1 Å². The van der Waals surface area contributed by atoms with Gasteiger partial charge in [-0.05, 0) is 59.1 Å². The van der Waals surface area contributed by atoms with Gasteiger partial charge in [-0.2, -0.15) is 0 Å². The van der Waals surface area contributed by atoms with Crippen LogP contribution in [-0.4, -0.2) is 61.9 Å². The molecule has 0 saturated carbocycles. The van der Waals surface area contributed by atoms with E-state index in [1.54, 1.807) is 42.7 Å². The Morgan fingerprint density at radius 3 is 1.49 bits per heavy atom. The summed E-state index contributed by atoms with van der Waals surface area (Å²) in [6, 6.07) is 21.7. The van der Waals surface area contributed by atoms with Crippen LogP contribution >= 0.6 is 15.9 Å². The quantitative estimate of drug-likeness (QED) is 0.180. The van der Waals surface area contributed by atoms with Crippen molar-refractivity contribution in [2.24, 2.45) is 0 Å². The second kappa shape index (κ2) is 24.0. The van der Waals surface area contributed by atoms with Crippen LogP contribution in [0, 0.1) is 0 Å². The molecular weight excluding hydrogens is 689 g/mol. The summed E-state index contributed by atoms with van der Waals surface area (Å²) in [7, 11) is -1.38. The number of rotatable bonds is 4. The third-order valence-electron chi connectivity index (χ3n) is 4.03. The average molecular weight is 718 g/mol. The van der Waals surface area contributed by atoms with Gasteiger partial charge in [0.2, 0.25) is 0 Å². The number of nitrogens with zero attached hydrogens (tertiary/aromatic N) is 2. The standard InChI is InChI=1S/C12H9NO.C7H5BrO.C5H6BNO2.2C2H4O2.Pd/c14-9-10-2-1-3-12(8-10)11-4-6-13-7-5-11;8-7-3-1-2-6(4-7)5-9;8-6(9)5-1-3-7-4-2-5;2*1-2(3)4;/h1-9H;1-5H;1-4,8-9H;2*1H3,(H,3,4);. The molecular formula is C28H28BBrN2O8Pd. The van der Waals surface area contributed by atoms with E-state index in [1.807, 2.05) is 42.5 Å². The van der Waals surface area contributed by atoms with E-state index in [9.17, 15) is 9.59 Å². The van der Waals surface area contributed by atoms with Crippen LogP contribution in [0.3, 0.4) is 0 Å². The maximum Gasteiger partial charge on any atom is 0.488 e. The van der Waals surface area contributed by atoms with Gasteiger partial charge in [-0.25, -0.2) is 0 Å². The van der Waals surface area contributed by atoms with E-state index >= 15 is 0 Å². The van der Waals surface area contributed by atoms with Crippen molar-refractivity contribution in [2.45, 2.75) is 13.8 Å². The largest absolute Gasteiger partial charge is 0.488 e. The van der Waals surface area contributed by atoms with E-state index < -0.39 is 19.1 Å².